The minimum Gasteiger partial charge on any atom is -0.460 e. The van der Waals surface area contributed by atoms with Gasteiger partial charge in [0.1, 0.15) is 6.10 Å². The molecule has 1 atom stereocenters. The van der Waals surface area contributed by atoms with Gasteiger partial charge in [-0.25, -0.2) is 0 Å². The van der Waals surface area contributed by atoms with E-state index in [9.17, 15) is 4.79 Å². The van der Waals surface area contributed by atoms with E-state index in [2.05, 4.69) is 17.1 Å². The summed E-state index contributed by atoms with van der Waals surface area (Å²) in [7, 11) is 0. The average Bonchev–Trinajstić information content (AvgIpc) is 2.65. The number of hydrogen-bond donors (Lipinski definition) is 0. The molecule has 1 unspecified atom stereocenters. The molecular weight excluding hydrogens is 401 g/mol. The van der Waals surface area contributed by atoms with Crippen LogP contribution in [0.25, 0.3) is 11.3 Å². The first kappa shape index (κ1) is 24.9. The molecule has 26 heavy (non-hydrogen) atoms. The molecule has 2 aromatic rings. The van der Waals surface area contributed by atoms with Gasteiger partial charge in [0, 0.05) is 56.5 Å². The van der Waals surface area contributed by atoms with Crippen LogP contribution in [0, 0.1) is 5.92 Å². The molecule has 0 fully saturated rings. The van der Waals surface area contributed by atoms with Gasteiger partial charge in [-0.3, -0.25) is 4.79 Å². The molecule has 0 N–H and O–H groups in total. The summed E-state index contributed by atoms with van der Waals surface area (Å²) in [6, 6.07) is 11.9. The Kier molecular flexibility index (Phi) is 12.5. The number of ether oxygens (including phenoxy) is 1. The third kappa shape index (κ3) is 6.88. The van der Waals surface area contributed by atoms with Gasteiger partial charge in [0.15, 0.2) is 0 Å². The van der Waals surface area contributed by atoms with Crippen molar-refractivity contribution >= 4 is 5.97 Å². The minimum atomic E-state index is -0.265. The monoisotopic (exact) mass is 430 g/mol. The van der Waals surface area contributed by atoms with Crippen LogP contribution < -0.4 is 0 Å². The van der Waals surface area contributed by atoms with Crippen molar-refractivity contribution in [2.75, 3.05) is 0 Å². The second-order valence-electron chi connectivity index (χ2n) is 5.43. The summed E-state index contributed by atoms with van der Waals surface area (Å²) in [6.07, 6.45) is 1.31. The molecule has 3 rings (SSSR count). The normalized spacial score (nSPS) is 15.1. The van der Waals surface area contributed by atoms with E-state index in [0.29, 0.717) is 0 Å². The maximum atomic E-state index is 11.3. The van der Waals surface area contributed by atoms with E-state index in [1.807, 2.05) is 64.1 Å². The van der Waals surface area contributed by atoms with Crippen molar-refractivity contribution in [2.45, 2.75) is 60.5 Å². The van der Waals surface area contributed by atoms with Gasteiger partial charge in [-0.05, 0) is 6.07 Å². The average molecular weight is 430 g/mol. The third-order valence-corrected chi connectivity index (χ3v) is 3.63. The molecule has 0 spiro atoms. The molecule has 1 heterocycles. The van der Waals surface area contributed by atoms with E-state index < -0.39 is 0 Å². The second kappa shape index (κ2) is 13.1. The van der Waals surface area contributed by atoms with Gasteiger partial charge >= 0.3 is 5.97 Å². The molecule has 1 aromatic heterocycles. The summed E-state index contributed by atoms with van der Waals surface area (Å²) in [4.78, 5) is 11.3. The fourth-order valence-electron chi connectivity index (χ4n) is 2.69. The predicted molar refractivity (Wildman–Crippen MR) is 102 cm³/mol. The molecule has 4 nitrogen and oxygen atoms in total. The molecule has 0 aliphatic heterocycles. The van der Waals surface area contributed by atoms with Crippen LogP contribution in [0.4, 0.5) is 0 Å². The van der Waals surface area contributed by atoms with Crippen LogP contribution in [0.5, 0.6) is 0 Å². The third-order valence-electron chi connectivity index (χ3n) is 3.63. The van der Waals surface area contributed by atoms with Crippen molar-refractivity contribution in [3.8, 4) is 11.3 Å². The largest absolute Gasteiger partial charge is 0.460 e. The Bertz CT molecular complexity index is 662. The van der Waals surface area contributed by atoms with Crippen molar-refractivity contribution in [1.29, 1.82) is 0 Å². The molecule has 0 amide bonds. The maximum Gasteiger partial charge on any atom is 0.303 e. The number of nitrogens with zero attached hydrogens (tertiary/aromatic N) is 2. The Balaban J connectivity index is 0.00000117. The molecule has 1 aliphatic carbocycles. The van der Waals surface area contributed by atoms with Crippen molar-refractivity contribution < 1.29 is 42.2 Å². The Morgan fingerprint density at radius 2 is 1.73 bits per heavy atom. The molecule has 1 radical (unpaired) electrons. The topological polar surface area (TPSA) is 52.1 Å². The summed E-state index contributed by atoms with van der Waals surface area (Å²) < 4.78 is 5.45. The van der Waals surface area contributed by atoms with Gasteiger partial charge in [0.2, 0.25) is 0 Å². The van der Waals surface area contributed by atoms with Crippen LogP contribution in [0.3, 0.4) is 0 Å². The number of aromatic nitrogens is 2. The van der Waals surface area contributed by atoms with Crippen molar-refractivity contribution in [1.82, 2.24) is 10.2 Å². The van der Waals surface area contributed by atoms with Gasteiger partial charge in [-0.2, -0.15) is 17.1 Å². The van der Waals surface area contributed by atoms with Gasteiger partial charge < -0.3 is 10.7 Å². The Hall–Kier alpha value is -1.13. The molecule has 0 saturated heterocycles. The van der Waals surface area contributed by atoms with Crippen LogP contribution in [-0.4, -0.2) is 16.2 Å². The van der Waals surface area contributed by atoms with Crippen molar-refractivity contribution in [3.63, 3.8) is 0 Å². The zero-order valence-corrected chi connectivity index (χ0v) is 19.6. The van der Waals surface area contributed by atoms with Gasteiger partial charge in [-0.15, -0.1) is 12.8 Å². The molecule has 0 bridgehead atoms. The van der Waals surface area contributed by atoms with E-state index in [1.165, 1.54) is 12.8 Å². The smallest absolute Gasteiger partial charge is 0.303 e. The first-order chi connectivity index (χ1) is 12.1. The standard InChI is InChI=1S/C17H17N2O2.2C2H6.Y/c1-11-8-16-14(17(9-11)21-12(2)20)10-15(18-19-16)13-6-4-3-5-7-13;2*1-2;/h3-7,10,17H,8-9H2,1-2H3;2*1-2H3;/q-1;;;. The SMILES string of the molecule is CC.CC.CC(=O)OC1C[C-](C)Cc2nnc(-c3ccccc3)cc21.[Y]. The Morgan fingerprint density at radius 3 is 2.31 bits per heavy atom. The summed E-state index contributed by atoms with van der Waals surface area (Å²) in [5, 5.41) is 8.65. The summed E-state index contributed by atoms with van der Waals surface area (Å²) in [5.74, 6) is 0.995. The molecule has 1 aromatic carbocycles. The van der Waals surface area contributed by atoms with Crippen LogP contribution in [0.15, 0.2) is 36.4 Å². The van der Waals surface area contributed by atoms with E-state index in [4.69, 9.17) is 4.74 Å². The van der Waals surface area contributed by atoms with Gasteiger partial charge in [0.05, 0.1) is 5.69 Å². The van der Waals surface area contributed by atoms with Crippen molar-refractivity contribution in [3.05, 3.63) is 53.6 Å². The summed E-state index contributed by atoms with van der Waals surface area (Å²) in [5.41, 5.74) is 3.71. The van der Waals surface area contributed by atoms with E-state index in [1.54, 1.807) is 0 Å². The number of rotatable bonds is 2. The zero-order valence-electron chi connectivity index (χ0n) is 16.7. The summed E-state index contributed by atoms with van der Waals surface area (Å²) in [6.45, 7) is 11.5. The van der Waals surface area contributed by atoms with Crippen molar-refractivity contribution in [2.24, 2.45) is 0 Å². The number of carbonyl (C=O) groups excluding carboxylic acids is 1. The van der Waals surface area contributed by atoms with E-state index >= 15 is 0 Å². The number of hydrogen-bond acceptors (Lipinski definition) is 4. The molecule has 1 aliphatic rings. The van der Waals surface area contributed by atoms with Crippen LogP contribution in [-0.2, 0) is 48.7 Å². The minimum absolute atomic E-state index is 0. The first-order valence-corrected chi connectivity index (χ1v) is 9.04. The van der Waals surface area contributed by atoms with Crippen LogP contribution in [0.1, 0.15) is 65.3 Å². The molecule has 5 heteroatoms. The predicted octanol–water partition coefficient (Wildman–Crippen LogP) is 5.34. The number of carbonyl (C=O) groups is 1. The Labute approximate surface area is 183 Å². The fraction of sp³-hybridized carbons (Fsp3) is 0.429. The number of benzene rings is 1. The Morgan fingerprint density at radius 1 is 1.12 bits per heavy atom. The maximum absolute atomic E-state index is 11.3. The molecular formula is C21H29N2O2Y-. The van der Waals surface area contributed by atoms with E-state index in [0.717, 1.165) is 35.4 Å². The number of fused-ring (bicyclic) bond motifs is 1. The zero-order chi connectivity index (χ0) is 18.8. The molecule has 139 valence electrons. The van der Waals surface area contributed by atoms with E-state index in [-0.39, 0.29) is 44.8 Å². The van der Waals surface area contributed by atoms with Gasteiger partial charge in [0.25, 0.3) is 0 Å². The first-order valence-electron chi connectivity index (χ1n) is 9.04. The number of esters is 1. The van der Waals surface area contributed by atoms with Gasteiger partial charge in [-0.1, -0.05) is 58.0 Å². The summed E-state index contributed by atoms with van der Waals surface area (Å²) >= 11 is 0. The van der Waals surface area contributed by atoms with Crippen LogP contribution in [0.2, 0.25) is 0 Å². The quantitative estimate of drug-likeness (QED) is 0.477. The molecule has 0 saturated carbocycles. The fourth-order valence-corrected chi connectivity index (χ4v) is 2.69. The second-order valence-corrected chi connectivity index (χ2v) is 5.43. The van der Waals surface area contributed by atoms with Crippen LogP contribution >= 0.6 is 0 Å².